The molecule has 0 bridgehead atoms. The maximum absolute atomic E-state index is 8.77. The summed E-state index contributed by atoms with van der Waals surface area (Å²) in [4.78, 5) is 4.25. The number of halogens is 1. The Morgan fingerprint density at radius 3 is 2.75 bits per heavy atom. The molecule has 0 aliphatic rings. The van der Waals surface area contributed by atoms with Crippen LogP contribution in [0.15, 0.2) is 47.1 Å². The van der Waals surface area contributed by atoms with Gasteiger partial charge in [0.05, 0.1) is 11.6 Å². The van der Waals surface area contributed by atoms with Gasteiger partial charge in [-0.3, -0.25) is 0 Å². The van der Waals surface area contributed by atoms with E-state index in [4.69, 9.17) is 5.26 Å². The highest BCUT2D eigenvalue weighted by atomic mass is 79.9. The monoisotopic (exact) mass is 273 g/mol. The van der Waals surface area contributed by atoms with E-state index in [0.717, 1.165) is 16.1 Å². The molecule has 2 rings (SSSR count). The fourth-order valence-electron chi connectivity index (χ4n) is 1.29. The Bertz CT molecular complexity index is 546. The van der Waals surface area contributed by atoms with Crippen molar-refractivity contribution < 1.29 is 0 Å². The second-order valence-electron chi connectivity index (χ2n) is 3.16. The first-order valence-electron chi connectivity index (χ1n) is 4.68. The van der Waals surface area contributed by atoms with Crippen LogP contribution in [-0.4, -0.2) is 4.98 Å². The average Bonchev–Trinajstić information content (AvgIpc) is 2.29. The van der Waals surface area contributed by atoms with Crippen LogP contribution in [0.1, 0.15) is 5.56 Å². The number of rotatable bonds is 2. The number of benzene rings is 1. The Hall–Kier alpha value is -1.86. The first-order chi connectivity index (χ1) is 7.78. The molecule has 2 aromatic rings. The lowest BCUT2D eigenvalue weighted by Crippen LogP contribution is -1.93. The topological polar surface area (TPSA) is 48.7 Å². The predicted octanol–water partition coefficient (Wildman–Crippen LogP) is 3.46. The third-order valence-corrected chi connectivity index (χ3v) is 2.42. The van der Waals surface area contributed by atoms with Gasteiger partial charge in [-0.2, -0.15) is 5.26 Å². The van der Waals surface area contributed by atoms with Crippen LogP contribution in [0.4, 0.5) is 11.5 Å². The Kier molecular flexibility index (Phi) is 3.18. The molecule has 0 spiro atoms. The van der Waals surface area contributed by atoms with Crippen molar-refractivity contribution in [2.24, 2.45) is 0 Å². The van der Waals surface area contributed by atoms with E-state index in [2.05, 4.69) is 32.3 Å². The molecule has 0 amide bonds. The molecular weight excluding hydrogens is 266 g/mol. The fraction of sp³-hybridized carbons (Fsp3) is 0. The maximum Gasteiger partial charge on any atom is 0.131 e. The summed E-state index contributed by atoms with van der Waals surface area (Å²) in [6.07, 6.45) is 0. The van der Waals surface area contributed by atoms with Gasteiger partial charge < -0.3 is 5.32 Å². The van der Waals surface area contributed by atoms with Crippen LogP contribution in [0, 0.1) is 11.3 Å². The second kappa shape index (κ2) is 4.77. The molecule has 1 N–H and O–H groups in total. The molecule has 0 saturated carbocycles. The number of pyridine rings is 1. The zero-order valence-corrected chi connectivity index (χ0v) is 9.90. The number of hydrogen-bond acceptors (Lipinski definition) is 3. The minimum Gasteiger partial charge on any atom is -0.340 e. The van der Waals surface area contributed by atoms with Crippen LogP contribution in [0.5, 0.6) is 0 Å². The fourth-order valence-corrected chi connectivity index (χ4v) is 1.64. The number of nitriles is 1. The van der Waals surface area contributed by atoms with Crippen LogP contribution in [-0.2, 0) is 0 Å². The quantitative estimate of drug-likeness (QED) is 0.853. The molecule has 78 valence electrons. The predicted molar refractivity (Wildman–Crippen MR) is 66.4 cm³/mol. The van der Waals surface area contributed by atoms with Crippen LogP contribution in [0.3, 0.4) is 0 Å². The highest BCUT2D eigenvalue weighted by Crippen LogP contribution is 2.17. The van der Waals surface area contributed by atoms with E-state index in [1.54, 1.807) is 12.1 Å². The molecule has 0 atom stereocenters. The van der Waals surface area contributed by atoms with Crippen molar-refractivity contribution >= 4 is 27.4 Å². The van der Waals surface area contributed by atoms with Crippen molar-refractivity contribution in [3.05, 3.63) is 52.6 Å². The summed E-state index contributed by atoms with van der Waals surface area (Å²) < 4.78 is 0.772. The molecule has 0 fully saturated rings. The van der Waals surface area contributed by atoms with E-state index in [0.29, 0.717) is 5.56 Å². The van der Waals surface area contributed by atoms with Gasteiger partial charge in [0, 0.05) is 5.69 Å². The van der Waals surface area contributed by atoms with Crippen molar-refractivity contribution in [2.45, 2.75) is 0 Å². The van der Waals surface area contributed by atoms with Crippen LogP contribution >= 0.6 is 15.9 Å². The smallest absolute Gasteiger partial charge is 0.131 e. The number of aromatic nitrogens is 1. The average molecular weight is 274 g/mol. The highest BCUT2D eigenvalue weighted by Gasteiger charge is 1.97. The Labute approximate surface area is 102 Å². The SMILES string of the molecule is N#Cc1cccc(Nc2cccc(Br)n2)c1. The van der Waals surface area contributed by atoms with Gasteiger partial charge >= 0.3 is 0 Å². The Morgan fingerprint density at radius 1 is 1.19 bits per heavy atom. The lowest BCUT2D eigenvalue weighted by molar-refractivity contribution is 1.26. The molecule has 0 unspecified atom stereocenters. The lowest BCUT2D eigenvalue weighted by Gasteiger charge is -2.05. The molecule has 3 nitrogen and oxygen atoms in total. The molecule has 4 heteroatoms. The maximum atomic E-state index is 8.77. The van der Waals surface area contributed by atoms with Gasteiger partial charge in [-0.15, -0.1) is 0 Å². The first-order valence-corrected chi connectivity index (χ1v) is 5.47. The van der Waals surface area contributed by atoms with Crippen molar-refractivity contribution in [2.75, 3.05) is 5.32 Å². The van der Waals surface area contributed by atoms with Crippen LogP contribution in [0.2, 0.25) is 0 Å². The van der Waals surface area contributed by atoms with Crippen molar-refractivity contribution in [3.8, 4) is 6.07 Å². The van der Waals surface area contributed by atoms with E-state index in [-0.39, 0.29) is 0 Å². The van der Waals surface area contributed by atoms with E-state index in [9.17, 15) is 0 Å². The van der Waals surface area contributed by atoms with Gasteiger partial charge in [0.15, 0.2) is 0 Å². The first kappa shape index (κ1) is 10.7. The molecular formula is C12H8BrN3. The van der Waals surface area contributed by atoms with Gasteiger partial charge in [0.2, 0.25) is 0 Å². The summed E-state index contributed by atoms with van der Waals surface area (Å²) in [6.45, 7) is 0. The summed E-state index contributed by atoms with van der Waals surface area (Å²) in [7, 11) is 0. The molecule has 1 aromatic carbocycles. The molecule has 0 aliphatic heterocycles. The zero-order valence-electron chi connectivity index (χ0n) is 8.31. The zero-order chi connectivity index (χ0) is 11.4. The molecule has 0 radical (unpaired) electrons. The molecule has 1 aromatic heterocycles. The molecule has 16 heavy (non-hydrogen) atoms. The summed E-state index contributed by atoms with van der Waals surface area (Å²) >= 11 is 3.30. The summed E-state index contributed by atoms with van der Waals surface area (Å²) in [5, 5.41) is 11.9. The summed E-state index contributed by atoms with van der Waals surface area (Å²) in [5.74, 6) is 0.740. The third kappa shape index (κ3) is 2.59. The van der Waals surface area contributed by atoms with Gasteiger partial charge in [-0.1, -0.05) is 12.1 Å². The van der Waals surface area contributed by atoms with Gasteiger partial charge in [-0.25, -0.2) is 4.98 Å². The number of nitrogens with one attached hydrogen (secondary N) is 1. The minimum atomic E-state index is 0.625. The van der Waals surface area contributed by atoms with Crippen LogP contribution < -0.4 is 5.32 Å². The Balaban J connectivity index is 2.24. The third-order valence-electron chi connectivity index (χ3n) is 1.98. The molecule has 0 aliphatic carbocycles. The Morgan fingerprint density at radius 2 is 2.00 bits per heavy atom. The van der Waals surface area contributed by atoms with Crippen molar-refractivity contribution in [1.29, 1.82) is 5.26 Å². The molecule has 0 saturated heterocycles. The van der Waals surface area contributed by atoms with E-state index in [1.807, 2.05) is 30.3 Å². The number of anilines is 2. The normalized spacial score (nSPS) is 9.50. The second-order valence-corrected chi connectivity index (χ2v) is 3.98. The summed E-state index contributed by atoms with van der Waals surface area (Å²) in [6, 6.07) is 15.0. The standard InChI is InChI=1S/C12H8BrN3/c13-11-5-2-6-12(16-11)15-10-4-1-3-9(7-10)8-14/h1-7H,(H,15,16). The largest absolute Gasteiger partial charge is 0.340 e. The van der Waals surface area contributed by atoms with Gasteiger partial charge in [0.1, 0.15) is 10.4 Å². The van der Waals surface area contributed by atoms with Gasteiger partial charge in [-0.05, 0) is 46.3 Å². The van der Waals surface area contributed by atoms with Crippen molar-refractivity contribution in [1.82, 2.24) is 4.98 Å². The van der Waals surface area contributed by atoms with Crippen molar-refractivity contribution in [3.63, 3.8) is 0 Å². The van der Waals surface area contributed by atoms with E-state index >= 15 is 0 Å². The molecule has 1 heterocycles. The number of hydrogen-bond donors (Lipinski definition) is 1. The summed E-state index contributed by atoms with van der Waals surface area (Å²) in [5.41, 5.74) is 1.48. The minimum absolute atomic E-state index is 0.625. The highest BCUT2D eigenvalue weighted by molar-refractivity contribution is 9.10. The number of nitrogens with zero attached hydrogens (tertiary/aromatic N) is 2. The lowest BCUT2D eigenvalue weighted by atomic mass is 10.2. The van der Waals surface area contributed by atoms with E-state index in [1.165, 1.54) is 0 Å². The van der Waals surface area contributed by atoms with Gasteiger partial charge in [0.25, 0.3) is 0 Å². The van der Waals surface area contributed by atoms with Crippen LogP contribution in [0.25, 0.3) is 0 Å². The van der Waals surface area contributed by atoms with E-state index < -0.39 is 0 Å².